The lowest BCUT2D eigenvalue weighted by Crippen LogP contribution is -2.46. The first-order valence-electron chi connectivity index (χ1n) is 9.69. The van der Waals surface area contributed by atoms with E-state index in [1.165, 1.54) is 5.56 Å². The third kappa shape index (κ3) is 4.17. The third-order valence-electron chi connectivity index (χ3n) is 4.95. The first kappa shape index (κ1) is 18.5. The van der Waals surface area contributed by atoms with Crippen LogP contribution in [-0.4, -0.2) is 60.3 Å². The topological polar surface area (TPSA) is 79.8 Å². The zero-order valence-electron chi connectivity index (χ0n) is 16.1. The van der Waals surface area contributed by atoms with Crippen molar-refractivity contribution in [3.05, 3.63) is 41.9 Å². The van der Waals surface area contributed by atoms with Gasteiger partial charge in [-0.05, 0) is 24.1 Å². The first-order chi connectivity index (χ1) is 13.7. The minimum Gasteiger partial charge on any atom is -0.454 e. The average molecular weight is 383 g/mol. The summed E-state index contributed by atoms with van der Waals surface area (Å²) in [7, 11) is 0. The van der Waals surface area contributed by atoms with E-state index < -0.39 is 0 Å². The van der Waals surface area contributed by atoms with Gasteiger partial charge in [0.15, 0.2) is 11.5 Å². The highest BCUT2D eigenvalue weighted by molar-refractivity contribution is 5.91. The molecule has 8 nitrogen and oxygen atoms in total. The van der Waals surface area contributed by atoms with Crippen molar-refractivity contribution in [3.63, 3.8) is 0 Å². The SMILES string of the molecule is CCCNC(=O)c1cnc(N2CCN(Cc3ccc4c(c3)OCO4)CC2)cn1. The second-order valence-corrected chi connectivity index (χ2v) is 6.97. The minimum atomic E-state index is -0.172. The molecule has 3 heterocycles. The van der Waals surface area contributed by atoms with Gasteiger partial charge in [0.2, 0.25) is 6.79 Å². The van der Waals surface area contributed by atoms with Gasteiger partial charge in [-0.15, -0.1) is 0 Å². The number of anilines is 1. The minimum absolute atomic E-state index is 0.172. The molecule has 0 bridgehead atoms. The van der Waals surface area contributed by atoms with Gasteiger partial charge < -0.3 is 19.7 Å². The second kappa shape index (κ2) is 8.43. The van der Waals surface area contributed by atoms with Crippen LogP contribution in [0.5, 0.6) is 11.5 Å². The molecule has 148 valence electrons. The molecule has 0 unspecified atom stereocenters. The number of benzene rings is 1. The smallest absolute Gasteiger partial charge is 0.271 e. The van der Waals surface area contributed by atoms with Gasteiger partial charge in [-0.3, -0.25) is 9.69 Å². The number of aromatic nitrogens is 2. The Morgan fingerprint density at radius 2 is 1.93 bits per heavy atom. The predicted octanol–water partition coefficient (Wildman–Crippen LogP) is 1.67. The predicted molar refractivity (Wildman–Crippen MR) is 105 cm³/mol. The fourth-order valence-corrected chi connectivity index (χ4v) is 3.36. The van der Waals surface area contributed by atoms with E-state index in [1.54, 1.807) is 12.4 Å². The lowest BCUT2D eigenvalue weighted by atomic mass is 10.1. The summed E-state index contributed by atoms with van der Waals surface area (Å²) in [4.78, 5) is 25.2. The van der Waals surface area contributed by atoms with Gasteiger partial charge in [0.1, 0.15) is 11.5 Å². The summed E-state index contributed by atoms with van der Waals surface area (Å²) in [6, 6.07) is 6.12. The van der Waals surface area contributed by atoms with Crippen LogP contribution in [0.2, 0.25) is 0 Å². The maximum Gasteiger partial charge on any atom is 0.271 e. The Morgan fingerprint density at radius 3 is 2.68 bits per heavy atom. The number of amides is 1. The number of rotatable bonds is 6. The summed E-state index contributed by atoms with van der Waals surface area (Å²) in [6.45, 7) is 7.48. The second-order valence-electron chi connectivity index (χ2n) is 6.97. The number of fused-ring (bicyclic) bond motifs is 1. The number of ether oxygens (including phenoxy) is 2. The summed E-state index contributed by atoms with van der Waals surface area (Å²) >= 11 is 0. The average Bonchev–Trinajstić information content (AvgIpc) is 3.20. The molecule has 0 aliphatic carbocycles. The van der Waals surface area contributed by atoms with Crippen molar-refractivity contribution in [1.82, 2.24) is 20.2 Å². The number of hydrogen-bond donors (Lipinski definition) is 1. The summed E-state index contributed by atoms with van der Waals surface area (Å²) in [5.41, 5.74) is 1.58. The van der Waals surface area contributed by atoms with Crippen LogP contribution >= 0.6 is 0 Å². The number of hydrogen-bond acceptors (Lipinski definition) is 7. The maximum atomic E-state index is 11.9. The van der Waals surface area contributed by atoms with Gasteiger partial charge in [0.25, 0.3) is 5.91 Å². The van der Waals surface area contributed by atoms with Gasteiger partial charge in [-0.1, -0.05) is 13.0 Å². The molecule has 4 rings (SSSR count). The summed E-state index contributed by atoms with van der Waals surface area (Å²) in [6.07, 6.45) is 4.14. The van der Waals surface area contributed by atoms with E-state index in [9.17, 15) is 4.79 Å². The highest BCUT2D eigenvalue weighted by Crippen LogP contribution is 2.32. The molecule has 1 N–H and O–H groups in total. The molecule has 28 heavy (non-hydrogen) atoms. The molecule has 1 amide bonds. The van der Waals surface area contributed by atoms with Crippen LogP contribution in [0, 0.1) is 0 Å². The molecule has 0 radical (unpaired) electrons. The molecular formula is C20H25N5O3. The van der Waals surface area contributed by atoms with Crippen LogP contribution in [0.4, 0.5) is 5.82 Å². The largest absolute Gasteiger partial charge is 0.454 e. The number of carbonyl (C=O) groups is 1. The van der Waals surface area contributed by atoms with Gasteiger partial charge in [-0.25, -0.2) is 9.97 Å². The van der Waals surface area contributed by atoms with Gasteiger partial charge in [0.05, 0.1) is 12.4 Å². The number of carbonyl (C=O) groups excluding carboxylic acids is 1. The molecule has 1 aromatic heterocycles. The van der Waals surface area contributed by atoms with Crippen molar-refractivity contribution in [1.29, 1.82) is 0 Å². The van der Waals surface area contributed by atoms with E-state index in [-0.39, 0.29) is 5.91 Å². The van der Waals surface area contributed by atoms with Crippen LogP contribution < -0.4 is 19.7 Å². The summed E-state index contributed by atoms with van der Waals surface area (Å²) in [5, 5.41) is 2.81. The monoisotopic (exact) mass is 383 g/mol. The van der Waals surface area contributed by atoms with Gasteiger partial charge in [-0.2, -0.15) is 0 Å². The van der Waals surface area contributed by atoms with Crippen molar-refractivity contribution in [2.45, 2.75) is 19.9 Å². The summed E-state index contributed by atoms with van der Waals surface area (Å²) < 4.78 is 10.8. The molecule has 2 aliphatic heterocycles. The normalized spacial score (nSPS) is 16.2. The molecule has 0 saturated carbocycles. The molecule has 1 aromatic carbocycles. The Labute approximate surface area is 164 Å². The molecule has 0 atom stereocenters. The van der Waals surface area contributed by atoms with E-state index in [0.29, 0.717) is 19.0 Å². The summed E-state index contributed by atoms with van der Waals surface area (Å²) in [5.74, 6) is 2.29. The maximum absolute atomic E-state index is 11.9. The van der Waals surface area contributed by atoms with Crippen LogP contribution in [0.3, 0.4) is 0 Å². The Hall–Kier alpha value is -2.87. The highest BCUT2D eigenvalue weighted by atomic mass is 16.7. The Morgan fingerprint density at radius 1 is 1.11 bits per heavy atom. The number of nitrogens with zero attached hydrogens (tertiary/aromatic N) is 4. The molecule has 8 heteroatoms. The highest BCUT2D eigenvalue weighted by Gasteiger charge is 2.20. The standard InChI is InChI=1S/C20H25N5O3/c1-2-5-21-20(26)16-11-23-19(12-22-16)25-8-6-24(7-9-25)13-15-3-4-17-18(10-15)28-14-27-17/h3-4,10-12H,2,5-9,13-14H2,1H3,(H,21,26). The molecular weight excluding hydrogens is 358 g/mol. The van der Waals surface area contributed by atoms with Crippen LogP contribution in [-0.2, 0) is 6.54 Å². The van der Waals surface area contributed by atoms with E-state index in [2.05, 4.69) is 37.2 Å². The van der Waals surface area contributed by atoms with Crippen LogP contribution in [0.1, 0.15) is 29.4 Å². The van der Waals surface area contributed by atoms with Gasteiger partial charge >= 0.3 is 0 Å². The van der Waals surface area contributed by atoms with Crippen molar-refractivity contribution >= 4 is 11.7 Å². The zero-order chi connectivity index (χ0) is 19.3. The fraction of sp³-hybridized carbons (Fsp3) is 0.450. The Kier molecular flexibility index (Phi) is 5.57. The molecule has 1 saturated heterocycles. The number of nitrogens with one attached hydrogen (secondary N) is 1. The molecule has 1 fully saturated rings. The Balaban J connectivity index is 1.29. The zero-order valence-corrected chi connectivity index (χ0v) is 16.1. The van der Waals surface area contributed by atoms with Crippen molar-refractivity contribution in [2.75, 3.05) is 44.4 Å². The van der Waals surface area contributed by atoms with Gasteiger partial charge in [0, 0.05) is 39.3 Å². The van der Waals surface area contributed by atoms with Crippen molar-refractivity contribution in [2.24, 2.45) is 0 Å². The lowest BCUT2D eigenvalue weighted by Gasteiger charge is -2.35. The van der Waals surface area contributed by atoms with Crippen LogP contribution in [0.25, 0.3) is 0 Å². The number of piperazine rings is 1. The van der Waals surface area contributed by atoms with Crippen molar-refractivity contribution in [3.8, 4) is 11.5 Å². The Bertz CT molecular complexity index is 819. The van der Waals surface area contributed by atoms with Crippen LogP contribution in [0.15, 0.2) is 30.6 Å². The first-order valence-corrected chi connectivity index (χ1v) is 9.69. The van der Waals surface area contributed by atoms with E-state index >= 15 is 0 Å². The third-order valence-corrected chi connectivity index (χ3v) is 4.95. The van der Waals surface area contributed by atoms with E-state index in [1.807, 2.05) is 13.0 Å². The van der Waals surface area contributed by atoms with E-state index in [0.717, 1.165) is 56.5 Å². The molecule has 2 aromatic rings. The molecule has 0 spiro atoms. The van der Waals surface area contributed by atoms with E-state index in [4.69, 9.17) is 9.47 Å². The van der Waals surface area contributed by atoms with Crippen molar-refractivity contribution < 1.29 is 14.3 Å². The molecule has 2 aliphatic rings. The fourth-order valence-electron chi connectivity index (χ4n) is 3.36. The quantitative estimate of drug-likeness (QED) is 0.813. The lowest BCUT2D eigenvalue weighted by molar-refractivity contribution is 0.0948.